The summed E-state index contributed by atoms with van der Waals surface area (Å²) in [6, 6.07) is 4.42. The van der Waals surface area contributed by atoms with Crippen molar-refractivity contribution in [3.8, 4) is 0 Å². The molecule has 1 amide bonds. The van der Waals surface area contributed by atoms with E-state index in [-0.39, 0.29) is 17.2 Å². The summed E-state index contributed by atoms with van der Waals surface area (Å²) in [6.07, 6.45) is 3.17. The molecule has 0 spiro atoms. The molecule has 0 unspecified atom stereocenters. The summed E-state index contributed by atoms with van der Waals surface area (Å²) >= 11 is 1.18. The first-order valence-corrected chi connectivity index (χ1v) is 7.19. The highest BCUT2D eigenvalue weighted by Gasteiger charge is 2.14. The lowest BCUT2D eigenvalue weighted by atomic mass is 10.1. The van der Waals surface area contributed by atoms with Crippen molar-refractivity contribution in [3.05, 3.63) is 53.9 Å². The van der Waals surface area contributed by atoms with E-state index >= 15 is 0 Å². The fourth-order valence-corrected chi connectivity index (χ4v) is 2.32. The Labute approximate surface area is 125 Å². The number of benzene rings is 1. The lowest BCUT2D eigenvalue weighted by Crippen LogP contribution is -2.28. The standard InChI is InChI=1S/C14H13F2N3OS/c1-9(11-4-3-10(15)7-12(11)16)19-13(20)8-21-14-17-5-2-6-18-14/h2-7,9H,8H2,1H3,(H,19,20)/t9-/m0/s1. The first kappa shape index (κ1) is 15.4. The van der Waals surface area contributed by atoms with Crippen molar-refractivity contribution in [2.75, 3.05) is 5.75 Å². The van der Waals surface area contributed by atoms with Gasteiger partial charge >= 0.3 is 0 Å². The van der Waals surface area contributed by atoms with Crippen LogP contribution in [0.3, 0.4) is 0 Å². The smallest absolute Gasteiger partial charge is 0.230 e. The van der Waals surface area contributed by atoms with Crippen LogP contribution in [-0.2, 0) is 4.79 Å². The summed E-state index contributed by atoms with van der Waals surface area (Å²) in [7, 11) is 0. The van der Waals surface area contributed by atoms with Gasteiger partial charge in [0.1, 0.15) is 11.6 Å². The van der Waals surface area contributed by atoms with Crippen LogP contribution in [0.5, 0.6) is 0 Å². The Balaban J connectivity index is 1.90. The molecule has 7 heteroatoms. The molecule has 2 rings (SSSR count). The monoisotopic (exact) mass is 309 g/mol. The van der Waals surface area contributed by atoms with Gasteiger partial charge in [-0.3, -0.25) is 4.79 Å². The van der Waals surface area contributed by atoms with Gasteiger partial charge in [-0.25, -0.2) is 18.7 Å². The average Bonchev–Trinajstić information content (AvgIpc) is 2.46. The number of aromatic nitrogens is 2. The van der Waals surface area contributed by atoms with Crippen molar-refractivity contribution >= 4 is 17.7 Å². The van der Waals surface area contributed by atoms with Crippen molar-refractivity contribution in [2.45, 2.75) is 18.1 Å². The molecule has 0 saturated carbocycles. The molecule has 1 N–H and O–H groups in total. The van der Waals surface area contributed by atoms with E-state index in [1.165, 1.54) is 17.8 Å². The molecule has 2 aromatic rings. The van der Waals surface area contributed by atoms with Gasteiger partial charge in [0.05, 0.1) is 11.8 Å². The maximum Gasteiger partial charge on any atom is 0.230 e. The number of hydrogen-bond donors (Lipinski definition) is 1. The van der Waals surface area contributed by atoms with Gasteiger partial charge < -0.3 is 5.32 Å². The molecule has 0 radical (unpaired) electrons. The Morgan fingerprint density at radius 1 is 1.33 bits per heavy atom. The molecule has 4 nitrogen and oxygen atoms in total. The van der Waals surface area contributed by atoms with Gasteiger partial charge in [-0.15, -0.1) is 0 Å². The zero-order valence-corrected chi connectivity index (χ0v) is 12.0. The number of thioether (sulfide) groups is 1. The molecule has 110 valence electrons. The van der Waals surface area contributed by atoms with E-state index in [1.54, 1.807) is 25.4 Å². The number of amides is 1. The molecule has 0 aliphatic rings. The SMILES string of the molecule is C[C@H](NC(=O)CSc1ncccn1)c1ccc(F)cc1F. The summed E-state index contributed by atoms with van der Waals surface area (Å²) in [5.41, 5.74) is 0.241. The second-order valence-electron chi connectivity index (χ2n) is 4.28. The Morgan fingerprint density at radius 3 is 2.71 bits per heavy atom. The highest BCUT2D eigenvalue weighted by atomic mass is 32.2. The van der Waals surface area contributed by atoms with Crippen LogP contribution in [0.1, 0.15) is 18.5 Å². The van der Waals surface area contributed by atoms with Gasteiger partial charge in [0.15, 0.2) is 5.16 Å². The molecule has 0 fully saturated rings. The molecular weight excluding hydrogens is 296 g/mol. The molecule has 1 atom stereocenters. The first-order valence-electron chi connectivity index (χ1n) is 6.20. The third-order valence-electron chi connectivity index (χ3n) is 2.68. The summed E-state index contributed by atoms with van der Waals surface area (Å²) in [4.78, 5) is 19.8. The Morgan fingerprint density at radius 2 is 2.05 bits per heavy atom. The third kappa shape index (κ3) is 4.49. The van der Waals surface area contributed by atoms with E-state index in [1.807, 2.05) is 0 Å². The average molecular weight is 309 g/mol. The van der Waals surface area contributed by atoms with Gasteiger partial charge in [0, 0.05) is 24.0 Å². The molecule has 1 aromatic heterocycles. The van der Waals surface area contributed by atoms with E-state index in [0.29, 0.717) is 5.16 Å². The summed E-state index contributed by atoms with van der Waals surface area (Å²) in [5.74, 6) is -1.48. The van der Waals surface area contributed by atoms with E-state index in [4.69, 9.17) is 0 Å². The first-order chi connectivity index (χ1) is 10.1. The molecule has 0 saturated heterocycles. The number of halogens is 2. The summed E-state index contributed by atoms with van der Waals surface area (Å²) < 4.78 is 26.4. The normalized spacial score (nSPS) is 12.0. The molecule has 0 aliphatic carbocycles. The van der Waals surface area contributed by atoms with Crippen LogP contribution in [0.4, 0.5) is 8.78 Å². The molecule has 0 bridgehead atoms. The number of rotatable bonds is 5. The van der Waals surface area contributed by atoms with Gasteiger partial charge in [-0.05, 0) is 19.1 Å². The van der Waals surface area contributed by atoms with Crippen molar-refractivity contribution in [2.24, 2.45) is 0 Å². The lowest BCUT2D eigenvalue weighted by Gasteiger charge is -2.14. The molecule has 21 heavy (non-hydrogen) atoms. The quantitative estimate of drug-likeness (QED) is 0.681. The maximum atomic E-state index is 13.6. The van der Waals surface area contributed by atoms with E-state index < -0.39 is 17.7 Å². The predicted octanol–water partition coefficient (Wildman–Crippen LogP) is 2.72. The number of carbonyl (C=O) groups is 1. The largest absolute Gasteiger partial charge is 0.349 e. The van der Waals surface area contributed by atoms with Crippen LogP contribution in [0, 0.1) is 11.6 Å². The fourth-order valence-electron chi connectivity index (χ4n) is 1.70. The van der Waals surface area contributed by atoms with Crippen molar-refractivity contribution < 1.29 is 13.6 Å². The van der Waals surface area contributed by atoms with E-state index in [2.05, 4.69) is 15.3 Å². The Hall–Kier alpha value is -2.02. The Kier molecular flexibility index (Phi) is 5.21. The summed E-state index contributed by atoms with van der Waals surface area (Å²) in [5, 5.41) is 3.14. The van der Waals surface area contributed by atoms with Crippen molar-refractivity contribution in [3.63, 3.8) is 0 Å². The fraction of sp³-hybridized carbons (Fsp3) is 0.214. The van der Waals surface area contributed by atoms with Crippen LogP contribution in [0.25, 0.3) is 0 Å². The van der Waals surface area contributed by atoms with Crippen LogP contribution < -0.4 is 5.32 Å². The van der Waals surface area contributed by atoms with Crippen molar-refractivity contribution in [1.29, 1.82) is 0 Å². The van der Waals surface area contributed by atoms with Crippen LogP contribution >= 0.6 is 11.8 Å². The number of hydrogen-bond acceptors (Lipinski definition) is 4. The zero-order valence-electron chi connectivity index (χ0n) is 11.2. The summed E-state index contributed by atoms with van der Waals surface area (Å²) in [6.45, 7) is 1.64. The highest BCUT2D eigenvalue weighted by molar-refractivity contribution is 7.99. The second-order valence-corrected chi connectivity index (χ2v) is 5.22. The Bertz CT molecular complexity index is 625. The number of nitrogens with one attached hydrogen (secondary N) is 1. The minimum atomic E-state index is -0.679. The molecule has 1 aromatic carbocycles. The van der Waals surface area contributed by atoms with E-state index in [9.17, 15) is 13.6 Å². The lowest BCUT2D eigenvalue weighted by molar-refractivity contribution is -0.119. The van der Waals surface area contributed by atoms with Crippen LogP contribution in [-0.4, -0.2) is 21.6 Å². The second kappa shape index (κ2) is 7.12. The number of carbonyl (C=O) groups excluding carboxylic acids is 1. The third-order valence-corrected chi connectivity index (χ3v) is 3.56. The zero-order chi connectivity index (χ0) is 15.2. The maximum absolute atomic E-state index is 13.6. The number of nitrogens with zero attached hydrogens (tertiary/aromatic N) is 2. The topological polar surface area (TPSA) is 54.9 Å². The molecular formula is C14H13F2N3OS. The van der Waals surface area contributed by atoms with Crippen molar-refractivity contribution in [1.82, 2.24) is 15.3 Å². The molecule has 1 heterocycles. The highest BCUT2D eigenvalue weighted by Crippen LogP contribution is 2.18. The predicted molar refractivity (Wildman–Crippen MR) is 75.7 cm³/mol. The van der Waals surface area contributed by atoms with Gasteiger partial charge in [-0.2, -0.15) is 0 Å². The van der Waals surface area contributed by atoms with Gasteiger partial charge in [-0.1, -0.05) is 17.8 Å². The minimum absolute atomic E-state index is 0.122. The van der Waals surface area contributed by atoms with Gasteiger partial charge in [0.2, 0.25) is 5.91 Å². The van der Waals surface area contributed by atoms with Crippen LogP contribution in [0.2, 0.25) is 0 Å². The van der Waals surface area contributed by atoms with Crippen LogP contribution in [0.15, 0.2) is 41.8 Å². The van der Waals surface area contributed by atoms with Gasteiger partial charge in [0.25, 0.3) is 0 Å². The molecule has 0 aliphatic heterocycles. The minimum Gasteiger partial charge on any atom is -0.349 e. The van der Waals surface area contributed by atoms with E-state index in [0.717, 1.165) is 12.1 Å².